The van der Waals surface area contributed by atoms with E-state index in [4.69, 9.17) is 21.6 Å². The van der Waals surface area contributed by atoms with Crippen molar-refractivity contribution in [1.29, 1.82) is 5.26 Å². The molecule has 164 valence electrons. The van der Waals surface area contributed by atoms with E-state index in [0.717, 1.165) is 27.8 Å². The summed E-state index contributed by atoms with van der Waals surface area (Å²) in [5.41, 5.74) is 6.48. The highest BCUT2D eigenvalue weighted by Gasteiger charge is 2.22. The van der Waals surface area contributed by atoms with Gasteiger partial charge in [-0.3, -0.25) is 4.79 Å². The van der Waals surface area contributed by atoms with Crippen molar-refractivity contribution in [2.75, 3.05) is 26.3 Å². The van der Waals surface area contributed by atoms with Crippen LogP contribution in [-0.4, -0.2) is 37.1 Å². The molecular weight excluding hydrogens is 408 g/mol. The van der Waals surface area contributed by atoms with E-state index >= 15 is 0 Å². The highest BCUT2D eigenvalue weighted by Crippen LogP contribution is 2.28. The van der Waals surface area contributed by atoms with Crippen LogP contribution in [0.2, 0.25) is 5.02 Å². The highest BCUT2D eigenvalue weighted by molar-refractivity contribution is 6.31. The first kappa shape index (κ1) is 24.7. The molecule has 0 radical (unpaired) electrons. The van der Waals surface area contributed by atoms with E-state index < -0.39 is 0 Å². The molecule has 4 nitrogen and oxygen atoms in total. The van der Waals surface area contributed by atoms with Crippen molar-refractivity contribution in [1.82, 2.24) is 4.90 Å². The molecule has 0 bridgehead atoms. The van der Waals surface area contributed by atoms with Crippen LogP contribution in [0.3, 0.4) is 0 Å². The summed E-state index contributed by atoms with van der Waals surface area (Å²) < 4.78 is 5.35. The SMILES string of the molecule is C/C(=C\c1cc(C#N)ccc1C)Cc1c(Cl)ccc(C(=O)N2CCOCC2)c1C.CC. The van der Waals surface area contributed by atoms with Crippen LogP contribution in [0.5, 0.6) is 0 Å². The molecule has 0 spiro atoms. The van der Waals surface area contributed by atoms with Gasteiger partial charge in [0.2, 0.25) is 0 Å². The van der Waals surface area contributed by atoms with E-state index in [-0.39, 0.29) is 5.91 Å². The van der Waals surface area contributed by atoms with E-state index in [2.05, 4.69) is 12.1 Å². The van der Waals surface area contributed by atoms with Gasteiger partial charge < -0.3 is 9.64 Å². The first-order chi connectivity index (χ1) is 14.9. The Morgan fingerprint density at radius 2 is 1.87 bits per heavy atom. The van der Waals surface area contributed by atoms with Crippen LogP contribution in [0.1, 0.15) is 58.9 Å². The minimum Gasteiger partial charge on any atom is -0.378 e. The van der Waals surface area contributed by atoms with Crippen LogP contribution >= 0.6 is 11.6 Å². The zero-order valence-corrected chi connectivity index (χ0v) is 19.8. The number of halogens is 1. The predicted molar refractivity (Wildman–Crippen MR) is 128 cm³/mol. The maximum absolute atomic E-state index is 13.0. The second kappa shape index (κ2) is 11.7. The first-order valence-corrected chi connectivity index (χ1v) is 11.1. The van der Waals surface area contributed by atoms with Crippen LogP contribution in [0.15, 0.2) is 35.9 Å². The van der Waals surface area contributed by atoms with Gasteiger partial charge in [0.05, 0.1) is 24.8 Å². The van der Waals surface area contributed by atoms with E-state index in [9.17, 15) is 4.79 Å². The average molecular weight is 439 g/mol. The quantitative estimate of drug-likeness (QED) is 0.590. The molecule has 2 aromatic carbocycles. The Hall–Kier alpha value is -2.61. The smallest absolute Gasteiger partial charge is 0.254 e. The fraction of sp³-hybridized carbons (Fsp3) is 0.385. The monoisotopic (exact) mass is 438 g/mol. The third-order valence-corrected chi connectivity index (χ3v) is 5.69. The summed E-state index contributed by atoms with van der Waals surface area (Å²) in [5, 5.41) is 9.82. The maximum atomic E-state index is 13.0. The van der Waals surface area contributed by atoms with Gasteiger partial charge >= 0.3 is 0 Å². The number of nitriles is 1. The zero-order chi connectivity index (χ0) is 23.0. The molecule has 1 saturated heterocycles. The van der Waals surface area contributed by atoms with Crippen LogP contribution in [0.4, 0.5) is 0 Å². The highest BCUT2D eigenvalue weighted by atomic mass is 35.5. The number of carbonyl (C=O) groups excluding carboxylic acids is 1. The number of ether oxygens (including phenoxy) is 1. The molecule has 0 saturated carbocycles. The number of carbonyl (C=O) groups is 1. The second-order valence-corrected chi connectivity index (χ2v) is 7.86. The minimum atomic E-state index is 0.0305. The minimum absolute atomic E-state index is 0.0305. The van der Waals surface area contributed by atoms with Crippen molar-refractivity contribution in [3.8, 4) is 6.07 Å². The molecule has 0 aromatic heterocycles. The van der Waals surface area contributed by atoms with Crippen LogP contribution in [0, 0.1) is 25.2 Å². The summed E-state index contributed by atoms with van der Waals surface area (Å²) in [6, 6.07) is 11.5. The van der Waals surface area contributed by atoms with Crippen LogP contribution in [-0.2, 0) is 11.2 Å². The molecule has 2 aromatic rings. The van der Waals surface area contributed by atoms with Crippen LogP contribution in [0.25, 0.3) is 6.08 Å². The van der Waals surface area contributed by atoms with Gasteiger partial charge in [0, 0.05) is 23.7 Å². The molecule has 3 rings (SSSR count). The molecule has 0 N–H and O–H groups in total. The lowest BCUT2D eigenvalue weighted by Gasteiger charge is -2.28. The van der Waals surface area contributed by atoms with Crippen molar-refractivity contribution in [3.05, 3.63) is 74.3 Å². The number of aryl methyl sites for hydroxylation is 1. The van der Waals surface area contributed by atoms with E-state index in [0.29, 0.717) is 48.9 Å². The summed E-state index contributed by atoms with van der Waals surface area (Å²) in [5.74, 6) is 0.0305. The fourth-order valence-electron chi connectivity index (χ4n) is 3.57. The summed E-state index contributed by atoms with van der Waals surface area (Å²) in [7, 11) is 0. The number of hydrogen-bond donors (Lipinski definition) is 0. The molecule has 0 unspecified atom stereocenters. The number of rotatable bonds is 4. The maximum Gasteiger partial charge on any atom is 0.254 e. The summed E-state index contributed by atoms with van der Waals surface area (Å²) in [4.78, 5) is 14.8. The third kappa shape index (κ3) is 6.19. The molecule has 1 heterocycles. The first-order valence-electron chi connectivity index (χ1n) is 10.7. The molecule has 5 heteroatoms. The lowest BCUT2D eigenvalue weighted by Crippen LogP contribution is -2.41. The van der Waals surface area contributed by atoms with Gasteiger partial charge in [-0.1, -0.05) is 43.2 Å². The fourth-order valence-corrected chi connectivity index (χ4v) is 3.84. The lowest BCUT2D eigenvalue weighted by molar-refractivity contribution is 0.0302. The molecular formula is C26H31ClN2O2. The van der Waals surface area contributed by atoms with Gasteiger partial charge in [0.25, 0.3) is 5.91 Å². The predicted octanol–water partition coefficient (Wildman–Crippen LogP) is 5.97. The van der Waals surface area contributed by atoms with Gasteiger partial charge in [-0.15, -0.1) is 0 Å². The van der Waals surface area contributed by atoms with Crippen molar-refractivity contribution in [3.63, 3.8) is 0 Å². The Morgan fingerprint density at radius 1 is 1.19 bits per heavy atom. The number of allylic oxidation sites excluding steroid dienone is 1. The molecule has 0 aliphatic carbocycles. The third-order valence-electron chi connectivity index (χ3n) is 5.34. The van der Waals surface area contributed by atoms with E-state index in [1.165, 1.54) is 0 Å². The van der Waals surface area contributed by atoms with Gasteiger partial charge in [0.1, 0.15) is 0 Å². The van der Waals surface area contributed by atoms with Crippen LogP contribution < -0.4 is 0 Å². The van der Waals surface area contributed by atoms with Gasteiger partial charge in [0.15, 0.2) is 0 Å². The second-order valence-electron chi connectivity index (χ2n) is 7.45. The molecule has 0 atom stereocenters. The Balaban J connectivity index is 0.00000166. The van der Waals surface area contributed by atoms with Crippen molar-refractivity contribution in [2.24, 2.45) is 0 Å². The number of amides is 1. The summed E-state index contributed by atoms with van der Waals surface area (Å²) in [6.07, 6.45) is 2.73. The lowest BCUT2D eigenvalue weighted by atomic mass is 9.94. The molecule has 1 fully saturated rings. The molecule has 1 aliphatic rings. The van der Waals surface area contributed by atoms with E-state index in [1.807, 2.05) is 69.9 Å². The Kier molecular flexibility index (Phi) is 9.30. The average Bonchev–Trinajstić information content (AvgIpc) is 2.79. The number of morpholine rings is 1. The summed E-state index contributed by atoms with van der Waals surface area (Å²) in [6.45, 7) is 12.4. The van der Waals surface area contributed by atoms with Gasteiger partial charge in [-0.2, -0.15) is 5.26 Å². The Bertz CT molecular complexity index is 999. The Morgan fingerprint density at radius 3 is 2.52 bits per heavy atom. The summed E-state index contributed by atoms with van der Waals surface area (Å²) >= 11 is 6.50. The zero-order valence-electron chi connectivity index (χ0n) is 19.1. The largest absolute Gasteiger partial charge is 0.378 e. The molecule has 1 aliphatic heterocycles. The van der Waals surface area contributed by atoms with E-state index in [1.54, 1.807) is 0 Å². The standard InChI is InChI=1S/C24H25ClN2O2.C2H6/c1-16(12-20-14-19(15-26)5-4-17(20)2)13-22-18(3)21(6-7-23(22)25)24(28)27-8-10-29-11-9-27;1-2/h4-7,12,14H,8-11,13H2,1-3H3;1-2H3/b16-12+;. The number of nitrogens with zero attached hydrogens (tertiary/aromatic N) is 2. The molecule has 31 heavy (non-hydrogen) atoms. The number of benzene rings is 2. The normalized spacial score (nSPS) is 13.8. The van der Waals surface area contributed by atoms with Gasteiger partial charge in [-0.05, 0) is 73.7 Å². The topological polar surface area (TPSA) is 53.3 Å². The van der Waals surface area contributed by atoms with Gasteiger partial charge in [-0.25, -0.2) is 0 Å². The Labute approximate surface area is 191 Å². The molecule has 1 amide bonds. The van der Waals surface area contributed by atoms with Crippen molar-refractivity contribution < 1.29 is 9.53 Å². The van der Waals surface area contributed by atoms with Crippen molar-refractivity contribution in [2.45, 2.75) is 41.0 Å². The van der Waals surface area contributed by atoms with Crippen molar-refractivity contribution >= 4 is 23.6 Å². The number of hydrogen-bond acceptors (Lipinski definition) is 3.